The number of fused-ring (bicyclic) bond motifs is 5. The van der Waals surface area contributed by atoms with Crippen molar-refractivity contribution in [1.82, 2.24) is 4.57 Å². The van der Waals surface area contributed by atoms with Crippen LogP contribution in [0, 0.1) is 0 Å². The van der Waals surface area contributed by atoms with Crippen LogP contribution in [0.3, 0.4) is 0 Å². The van der Waals surface area contributed by atoms with Crippen LogP contribution in [0.4, 0.5) is 0 Å². The van der Waals surface area contributed by atoms with E-state index in [2.05, 4.69) is 126 Å². The van der Waals surface area contributed by atoms with Crippen molar-refractivity contribution in [3.05, 3.63) is 121 Å². The second kappa shape index (κ2) is 6.73. The van der Waals surface area contributed by atoms with Crippen LogP contribution >= 0.6 is 0 Å². The molecule has 6 aromatic rings. The van der Waals surface area contributed by atoms with Crippen LogP contribution in [-0.2, 0) is 0 Å². The first kappa shape index (κ1) is 17.6. The van der Waals surface area contributed by atoms with Crippen molar-refractivity contribution in [3.63, 3.8) is 0 Å². The van der Waals surface area contributed by atoms with Gasteiger partial charge in [0.1, 0.15) is 0 Å². The van der Waals surface area contributed by atoms with Crippen molar-refractivity contribution >= 4 is 44.9 Å². The molecule has 0 radical (unpaired) electrons. The highest BCUT2D eigenvalue weighted by atomic mass is 15.0. The Morgan fingerprint density at radius 3 is 2.06 bits per heavy atom. The van der Waals surface area contributed by atoms with Gasteiger partial charge in [0.15, 0.2) is 0 Å². The number of hydrogen-bond donors (Lipinski definition) is 0. The van der Waals surface area contributed by atoms with Crippen molar-refractivity contribution in [2.75, 3.05) is 0 Å². The van der Waals surface area contributed by atoms with Crippen LogP contribution in [0.2, 0.25) is 0 Å². The Labute approximate surface area is 187 Å². The summed E-state index contributed by atoms with van der Waals surface area (Å²) in [6.45, 7) is 0.183. The number of benzene rings is 5. The molecule has 0 bridgehead atoms. The molecule has 1 nitrogen and oxygen atoms in total. The fourth-order valence-corrected chi connectivity index (χ4v) is 5.60. The van der Waals surface area contributed by atoms with Crippen molar-refractivity contribution in [3.8, 4) is 16.8 Å². The predicted molar refractivity (Wildman–Crippen MR) is 137 cm³/mol. The lowest BCUT2D eigenvalue weighted by molar-refractivity contribution is 1.19. The van der Waals surface area contributed by atoms with Gasteiger partial charge in [-0.25, -0.2) is 0 Å². The SMILES string of the molecule is c1ccc(B2c3c(-c4ccccc4)cccc3-n3c4ccccc4c4cccc2c43)cc1. The van der Waals surface area contributed by atoms with E-state index in [1.807, 2.05) is 0 Å². The summed E-state index contributed by atoms with van der Waals surface area (Å²) in [6.07, 6.45) is 0. The fourth-order valence-electron chi connectivity index (χ4n) is 5.60. The number of rotatable bonds is 2. The van der Waals surface area contributed by atoms with E-state index in [1.54, 1.807) is 0 Å². The van der Waals surface area contributed by atoms with Gasteiger partial charge in [0, 0.05) is 22.0 Å². The summed E-state index contributed by atoms with van der Waals surface area (Å²) in [5.41, 5.74) is 10.5. The second-order valence-electron chi connectivity index (χ2n) is 8.54. The highest BCUT2D eigenvalue weighted by molar-refractivity contribution is 6.98. The third-order valence-corrected chi connectivity index (χ3v) is 6.87. The molecule has 0 aliphatic carbocycles. The number of nitrogens with zero attached hydrogens (tertiary/aromatic N) is 1. The zero-order valence-corrected chi connectivity index (χ0v) is 17.6. The third-order valence-electron chi connectivity index (χ3n) is 6.87. The van der Waals surface area contributed by atoms with Crippen LogP contribution in [0.5, 0.6) is 0 Å². The van der Waals surface area contributed by atoms with Gasteiger partial charge in [0.05, 0.1) is 5.52 Å². The molecule has 0 fully saturated rings. The van der Waals surface area contributed by atoms with Gasteiger partial charge >= 0.3 is 0 Å². The lowest BCUT2D eigenvalue weighted by atomic mass is 9.34. The van der Waals surface area contributed by atoms with E-state index in [9.17, 15) is 0 Å². The third kappa shape index (κ3) is 2.35. The van der Waals surface area contributed by atoms with E-state index in [4.69, 9.17) is 0 Å². The van der Waals surface area contributed by atoms with Crippen molar-refractivity contribution in [2.45, 2.75) is 0 Å². The lowest BCUT2D eigenvalue weighted by Gasteiger charge is -2.29. The van der Waals surface area contributed by atoms with E-state index in [-0.39, 0.29) is 6.71 Å². The molecule has 2 heteroatoms. The van der Waals surface area contributed by atoms with Crippen molar-refractivity contribution in [1.29, 1.82) is 0 Å². The Morgan fingerprint density at radius 2 is 1.22 bits per heavy atom. The average molecular weight is 405 g/mol. The summed E-state index contributed by atoms with van der Waals surface area (Å²) in [5, 5.41) is 2.64. The molecule has 0 N–H and O–H groups in total. The van der Waals surface area contributed by atoms with Crippen LogP contribution in [0.1, 0.15) is 0 Å². The Hall–Kier alpha value is -4.04. The summed E-state index contributed by atoms with van der Waals surface area (Å²) < 4.78 is 2.49. The van der Waals surface area contributed by atoms with Gasteiger partial charge in [-0.05, 0) is 34.2 Å². The minimum absolute atomic E-state index is 0.183. The molecule has 1 aromatic heterocycles. The van der Waals surface area contributed by atoms with Crippen LogP contribution in [0.25, 0.3) is 38.6 Å². The second-order valence-corrected chi connectivity index (χ2v) is 8.54. The molecule has 0 amide bonds. The minimum atomic E-state index is 0.183. The van der Waals surface area contributed by atoms with Gasteiger partial charge in [-0.1, -0.05) is 115 Å². The van der Waals surface area contributed by atoms with Crippen molar-refractivity contribution < 1.29 is 0 Å². The maximum absolute atomic E-state index is 2.49. The average Bonchev–Trinajstić information content (AvgIpc) is 3.21. The van der Waals surface area contributed by atoms with Crippen LogP contribution in [0.15, 0.2) is 121 Å². The summed E-state index contributed by atoms with van der Waals surface area (Å²) in [4.78, 5) is 0. The molecule has 2 heterocycles. The summed E-state index contributed by atoms with van der Waals surface area (Å²) in [6, 6.07) is 44.1. The first-order valence-electron chi connectivity index (χ1n) is 11.2. The molecule has 0 spiro atoms. The molecule has 32 heavy (non-hydrogen) atoms. The Morgan fingerprint density at radius 1 is 0.531 bits per heavy atom. The molecule has 7 rings (SSSR count). The molecule has 0 saturated carbocycles. The summed E-state index contributed by atoms with van der Waals surface area (Å²) in [5.74, 6) is 0. The maximum Gasteiger partial charge on any atom is 0.247 e. The highest BCUT2D eigenvalue weighted by Crippen LogP contribution is 2.34. The maximum atomic E-state index is 2.49. The van der Waals surface area contributed by atoms with Crippen LogP contribution in [-0.4, -0.2) is 11.3 Å². The molecule has 0 atom stereocenters. The Bertz CT molecular complexity index is 1610. The topological polar surface area (TPSA) is 4.93 Å². The number of hydrogen-bond acceptors (Lipinski definition) is 0. The fraction of sp³-hybridized carbons (Fsp3) is 0. The molecule has 5 aromatic carbocycles. The molecule has 148 valence electrons. The van der Waals surface area contributed by atoms with E-state index < -0.39 is 0 Å². The van der Waals surface area contributed by atoms with E-state index >= 15 is 0 Å². The quantitative estimate of drug-likeness (QED) is 0.345. The zero-order valence-electron chi connectivity index (χ0n) is 17.6. The summed E-state index contributed by atoms with van der Waals surface area (Å²) >= 11 is 0. The van der Waals surface area contributed by atoms with Gasteiger partial charge in [0.2, 0.25) is 6.71 Å². The largest absolute Gasteiger partial charge is 0.310 e. The number of aromatic nitrogens is 1. The first-order chi connectivity index (χ1) is 15.9. The van der Waals surface area contributed by atoms with Gasteiger partial charge < -0.3 is 4.57 Å². The molecule has 1 aliphatic rings. The Balaban J connectivity index is 1.69. The normalized spacial score (nSPS) is 12.3. The van der Waals surface area contributed by atoms with E-state index in [0.29, 0.717) is 0 Å². The number of para-hydroxylation sites is 2. The zero-order chi connectivity index (χ0) is 21.1. The smallest absolute Gasteiger partial charge is 0.247 e. The minimum Gasteiger partial charge on any atom is -0.310 e. The predicted octanol–water partition coefficient (Wildman–Crippen LogP) is 5.28. The molecular formula is C30H20BN. The van der Waals surface area contributed by atoms with Crippen LogP contribution < -0.4 is 16.4 Å². The highest BCUT2D eigenvalue weighted by Gasteiger charge is 2.35. The molecule has 0 saturated heterocycles. The monoisotopic (exact) mass is 405 g/mol. The molecular weight excluding hydrogens is 385 g/mol. The standard InChI is InChI=1S/C30H20BN/c1-3-11-21(12-4-1)23-16-10-20-28-29(23)31(22-13-5-2-6-14-22)26-18-9-17-25-24-15-7-8-19-27(24)32(28)30(25)26/h1-20H. The van der Waals surface area contributed by atoms with E-state index in [1.165, 1.54) is 55.0 Å². The van der Waals surface area contributed by atoms with Crippen molar-refractivity contribution in [2.24, 2.45) is 0 Å². The summed E-state index contributed by atoms with van der Waals surface area (Å²) in [7, 11) is 0. The van der Waals surface area contributed by atoms with Gasteiger partial charge in [-0.15, -0.1) is 0 Å². The van der Waals surface area contributed by atoms with E-state index in [0.717, 1.165) is 0 Å². The van der Waals surface area contributed by atoms with Gasteiger partial charge in [-0.3, -0.25) is 0 Å². The first-order valence-corrected chi connectivity index (χ1v) is 11.2. The van der Waals surface area contributed by atoms with Gasteiger partial charge in [0.25, 0.3) is 0 Å². The molecule has 1 aliphatic heterocycles. The van der Waals surface area contributed by atoms with Gasteiger partial charge in [-0.2, -0.15) is 0 Å². The Kier molecular flexibility index (Phi) is 3.71. The molecule has 0 unspecified atom stereocenters. The lowest BCUT2D eigenvalue weighted by Crippen LogP contribution is -2.56.